The molecule has 0 radical (unpaired) electrons. The lowest BCUT2D eigenvalue weighted by Crippen LogP contribution is -2.03. The number of nitrogens with one attached hydrogen (secondary N) is 1. The maximum Gasteiger partial charge on any atom is 0.228 e. The first-order valence-corrected chi connectivity index (χ1v) is 8.54. The SMILES string of the molecule is Cc1ccc(C(=O)c2nc(-c3ccccc3)c(-c3ccccc3)[nH]2)cc1. The summed E-state index contributed by atoms with van der Waals surface area (Å²) < 4.78 is 0. The molecule has 3 nitrogen and oxygen atoms in total. The maximum absolute atomic E-state index is 12.9. The van der Waals surface area contributed by atoms with Gasteiger partial charge in [-0.15, -0.1) is 0 Å². The van der Waals surface area contributed by atoms with Crippen LogP contribution in [0.5, 0.6) is 0 Å². The molecule has 0 aliphatic carbocycles. The van der Waals surface area contributed by atoms with Gasteiger partial charge in [-0.3, -0.25) is 4.79 Å². The summed E-state index contributed by atoms with van der Waals surface area (Å²) >= 11 is 0. The van der Waals surface area contributed by atoms with E-state index in [1.807, 2.05) is 91.9 Å². The molecule has 126 valence electrons. The molecule has 0 atom stereocenters. The van der Waals surface area contributed by atoms with Crippen LogP contribution in [0, 0.1) is 6.92 Å². The van der Waals surface area contributed by atoms with Crippen molar-refractivity contribution in [2.24, 2.45) is 0 Å². The lowest BCUT2D eigenvalue weighted by Gasteiger charge is -2.02. The number of aryl methyl sites for hydroxylation is 1. The predicted octanol–water partition coefficient (Wildman–Crippen LogP) is 5.28. The zero-order valence-corrected chi connectivity index (χ0v) is 14.4. The number of benzene rings is 3. The Hall–Kier alpha value is -3.46. The lowest BCUT2D eigenvalue weighted by molar-refractivity contribution is 0.103. The van der Waals surface area contributed by atoms with Crippen LogP contribution in [0.3, 0.4) is 0 Å². The van der Waals surface area contributed by atoms with Crippen molar-refractivity contribution in [3.05, 3.63) is 102 Å². The van der Waals surface area contributed by atoms with Crippen LogP contribution >= 0.6 is 0 Å². The van der Waals surface area contributed by atoms with E-state index in [1.165, 1.54) is 0 Å². The van der Waals surface area contributed by atoms with Crippen LogP contribution in [-0.4, -0.2) is 15.8 Å². The number of imidazole rings is 1. The zero-order chi connectivity index (χ0) is 17.9. The second kappa shape index (κ2) is 6.81. The van der Waals surface area contributed by atoms with E-state index in [0.29, 0.717) is 11.4 Å². The highest BCUT2D eigenvalue weighted by Crippen LogP contribution is 2.30. The summed E-state index contributed by atoms with van der Waals surface area (Å²) in [6, 6.07) is 27.4. The molecule has 1 N–H and O–H groups in total. The van der Waals surface area contributed by atoms with Gasteiger partial charge in [-0.05, 0) is 6.92 Å². The number of carbonyl (C=O) groups excluding carboxylic acids is 1. The molecule has 26 heavy (non-hydrogen) atoms. The second-order valence-electron chi connectivity index (χ2n) is 6.24. The number of hydrogen-bond acceptors (Lipinski definition) is 2. The number of carbonyl (C=O) groups is 1. The standard InChI is InChI=1S/C23H18N2O/c1-16-12-14-19(15-13-16)22(26)23-24-20(17-8-4-2-5-9-17)21(25-23)18-10-6-3-7-11-18/h2-15H,1H3,(H,24,25). The minimum atomic E-state index is -0.107. The van der Waals surface area contributed by atoms with Gasteiger partial charge in [0.2, 0.25) is 5.78 Å². The third-order valence-electron chi connectivity index (χ3n) is 4.34. The Bertz CT molecular complexity index is 976. The molecule has 0 aliphatic rings. The van der Waals surface area contributed by atoms with E-state index in [0.717, 1.165) is 28.1 Å². The molecular formula is C23H18N2O. The van der Waals surface area contributed by atoms with Crippen molar-refractivity contribution in [2.75, 3.05) is 0 Å². The fraction of sp³-hybridized carbons (Fsp3) is 0.0435. The number of nitrogens with zero attached hydrogens (tertiary/aromatic N) is 1. The first kappa shape index (κ1) is 16.0. The van der Waals surface area contributed by atoms with Crippen molar-refractivity contribution in [1.82, 2.24) is 9.97 Å². The summed E-state index contributed by atoms with van der Waals surface area (Å²) in [5.41, 5.74) is 5.37. The first-order valence-electron chi connectivity index (χ1n) is 8.54. The van der Waals surface area contributed by atoms with Gasteiger partial charge in [0.05, 0.1) is 11.4 Å². The van der Waals surface area contributed by atoms with Gasteiger partial charge < -0.3 is 4.98 Å². The highest BCUT2D eigenvalue weighted by atomic mass is 16.1. The van der Waals surface area contributed by atoms with E-state index in [-0.39, 0.29) is 5.78 Å². The second-order valence-corrected chi connectivity index (χ2v) is 6.24. The monoisotopic (exact) mass is 338 g/mol. The number of aromatic amines is 1. The predicted molar refractivity (Wildman–Crippen MR) is 104 cm³/mol. The van der Waals surface area contributed by atoms with Gasteiger partial charge in [-0.2, -0.15) is 0 Å². The molecule has 0 fully saturated rings. The van der Waals surface area contributed by atoms with Gasteiger partial charge in [0, 0.05) is 16.7 Å². The van der Waals surface area contributed by atoms with Gasteiger partial charge >= 0.3 is 0 Å². The van der Waals surface area contributed by atoms with E-state index < -0.39 is 0 Å². The van der Waals surface area contributed by atoms with Crippen LogP contribution in [0.15, 0.2) is 84.9 Å². The molecule has 1 heterocycles. The summed E-state index contributed by atoms with van der Waals surface area (Å²) in [7, 11) is 0. The van der Waals surface area contributed by atoms with Crippen LogP contribution < -0.4 is 0 Å². The van der Waals surface area contributed by atoms with Crippen molar-refractivity contribution >= 4 is 5.78 Å². The zero-order valence-electron chi connectivity index (χ0n) is 14.4. The molecule has 3 heteroatoms. The van der Waals surface area contributed by atoms with Gasteiger partial charge in [-0.25, -0.2) is 4.98 Å². The number of hydrogen-bond donors (Lipinski definition) is 1. The Labute approximate surface area is 152 Å². The minimum Gasteiger partial charge on any atom is -0.335 e. The van der Waals surface area contributed by atoms with Crippen molar-refractivity contribution < 1.29 is 4.79 Å². The molecule has 0 spiro atoms. The van der Waals surface area contributed by atoms with Gasteiger partial charge in [0.25, 0.3) is 0 Å². The van der Waals surface area contributed by atoms with E-state index in [4.69, 9.17) is 0 Å². The topological polar surface area (TPSA) is 45.8 Å². The average Bonchev–Trinajstić information content (AvgIpc) is 3.15. The number of ketones is 1. The largest absolute Gasteiger partial charge is 0.335 e. The van der Waals surface area contributed by atoms with Crippen LogP contribution in [-0.2, 0) is 0 Å². The summed E-state index contributed by atoms with van der Waals surface area (Å²) in [4.78, 5) is 20.8. The smallest absolute Gasteiger partial charge is 0.228 e. The number of rotatable bonds is 4. The normalized spacial score (nSPS) is 10.7. The fourth-order valence-electron chi connectivity index (χ4n) is 2.94. The molecule has 0 amide bonds. The Morgan fingerprint density at radius 1 is 0.769 bits per heavy atom. The molecule has 0 bridgehead atoms. The third kappa shape index (κ3) is 3.07. The van der Waals surface area contributed by atoms with Crippen molar-refractivity contribution in [1.29, 1.82) is 0 Å². The molecule has 0 saturated carbocycles. The Balaban J connectivity index is 1.83. The number of H-pyrrole nitrogens is 1. The summed E-state index contributed by atoms with van der Waals surface area (Å²) in [5.74, 6) is 0.246. The quantitative estimate of drug-likeness (QED) is 0.514. The summed E-state index contributed by atoms with van der Waals surface area (Å²) in [6.07, 6.45) is 0. The first-order chi connectivity index (χ1) is 12.7. The molecule has 4 aromatic rings. The van der Waals surface area contributed by atoms with Crippen molar-refractivity contribution in [2.45, 2.75) is 6.92 Å². The molecule has 3 aromatic carbocycles. The van der Waals surface area contributed by atoms with Crippen molar-refractivity contribution in [3.63, 3.8) is 0 Å². The van der Waals surface area contributed by atoms with E-state index in [2.05, 4.69) is 9.97 Å². The molecule has 0 unspecified atom stereocenters. The van der Waals surface area contributed by atoms with Gasteiger partial charge in [0.1, 0.15) is 0 Å². The van der Waals surface area contributed by atoms with Crippen LogP contribution in [0.25, 0.3) is 22.5 Å². The lowest BCUT2D eigenvalue weighted by atomic mass is 10.1. The van der Waals surface area contributed by atoms with E-state index >= 15 is 0 Å². The Morgan fingerprint density at radius 3 is 1.96 bits per heavy atom. The molecule has 0 aliphatic heterocycles. The molecule has 1 aromatic heterocycles. The molecule has 4 rings (SSSR count). The van der Waals surface area contributed by atoms with Crippen LogP contribution in [0.1, 0.15) is 21.7 Å². The molecule has 0 saturated heterocycles. The third-order valence-corrected chi connectivity index (χ3v) is 4.34. The van der Waals surface area contributed by atoms with Crippen LogP contribution in [0.2, 0.25) is 0 Å². The highest BCUT2D eigenvalue weighted by Gasteiger charge is 2.19. The summed E-state index contributed by atoms with van der Waals surface area (Å²) in [5, 5.41) is 0. The van der Waals surface area contributed by atoms with Crippen LogP contribution in [0.4, 0.5) is 0 Å². The van der Waals surface area contributed by atoms with Gasteiger partial charge in [-0.1, -0.05) is 90.5 Å². The number of aromatic nitrogens is 2. The average molecular weight is 338 g/mol. The minimum absolute atomic E-state index is 0.107. The Morgan fingerprint density at radius 2 is 1.35 bits per heavy atom. The summed E-state index contributed by atoms with van der Waals surface area (Å²) in [6.45, 7) is 2.00. The highest BCUT2D eigenvalue weighted by molar-refractivity contribution is 6.07. The fourth-order valence-corrected chi connectivity index (χ4v) is 2.94. The van der Waals surface area contributed by atoms with Crippen molar-refractivity contribution in [3.8, 4) is 22.5 Å². The van der Waals surface area contributed by atoms with E-state index in [9.17, 15) is 4.79 Å². The van der Waals surface area contributed by atoms with Gasteiger partial charge in [0.15, 0.2) is 5.82 Å². The molecular weight excluding hydrogens is 320 g/mol. The van der Waals surface area contributed by atoms with E-state index in [1.54, 1.807) is 0 Å². The maximum atomic E-state index is 12.9. The Kier molecular flexibility index (Phi) is 4.20.